The fraction of sp³-hybridized carbons (Fsp3) is 0.278. The lowest BCUT2D eigenvalue weighted by Gasteiger charge is -2.25. The number of nitrogens with one attached hydrogen (secondary N) is 1. The van der Waals surface area contributed by atoms with Gasteiger partial charge >= 0.3 is 0 Å². The molecule has 138 valence electrons. The van der Waals surface area contributed by atoms with E-state index in [1.807, 2.05) is 0 Å². The molecule has 1 N–H and O–H groups in total. The van der Waals surface area contributed by atoms with Gasteiger partial charge in [0.05, 0.1) is 4.90 Å². The van der Waals surface area contributed by atoms with E-state index in [0.717, 1.165) is 19.3 Å². The van der Waals surface area contributed by atoms with Gasteiger partial charge in [0.15, 0.2) is 0 Å². The van der Waals surface area contributed by atoms with E-state index in [-0.39, 0.29) is 10.8 Å². The van der Waals surface area contributed by atoms with Gasteiger partial charge in [-0.1, -0.05) is 29.6 Å². The molecular weight excluding hydrogens is 395 g/mol. The van der Waals surface area contributed by atoms with Gasteiger partial charge in [-0.05, 0) is 55.3 Å². The van der Waals surface area contributed by atoms with Crippen molar-refractivity contribution in [2.45, 2.75) is 24.2 Å². The Hall–Kier alpha value is -1.60. The third-order valence-electron chi connectivity index (χ3n) is 4.19. The minimum Gasteiger partial charge on any atom is -0.322 e. The van der Waals surface area contributed by atoms with Crippen LogP contribution in [0.15, 0.2) is 47.4 Å². The number of carbonyl (C=O) groups is 1. The standard InChI is InChI=1S/C18H18Cl2N2O3S/c19-14-10-13(11-15(20)12-14)18(23)21-16-4-6-17(7-5-16)26(24,25)22-8-2-1-3-9-22/h4-7,10-12H,1-3,8-9H2,(H,21,23). The summed E-state index contributed by atoms with van der Waals surface area (Å²) < 4.78 is 26.8. The van der Waals surface area contributed by atoms with Gasteiger partial charge in [-0.15, -0.1) is 0 Å². The van der Waals surface area contributed by atoms with Crippen LogP contribution < -0.4 is 5.32 Å². The average Bonchev–Trinajstić information content (AvgIpc) is 2.62. The van der Waals surface area contributed by atoms with Crippen LogP contribution in [0.2, 0.25) is 10.0 Å². The Balaban J connectivity index is 1.74. The Morgan fingerprint density at radius 3 is 2.08 bits per heavy atom. The number of rotatable bonds is 4. The van der Waals surface area contributed by atoms with Crippen LogP contribution in [0.5, 0.6) is 0 Å². The van der Waals surface area contributed by atoms with Crippen molar-refractivity contribution in [3.8, 4) is 0 Å². The maximum atomic E-state index is 12.6. The van der Waals surface area contributed by atoms with E-state index in [2.05, 4.69) is 5.32 Å². The lowest BCUT2D eigenvalue weighted by molar-refractivity contribution is 0.102. The number of piperidine rings is 1. The van der Waals surface area contributed by atoms with E-state index in [1.165, 1.54) is 28.6 Å². The van der Waals surface area contributed by atoms with Crippen molar-refractivity contribution in [3.05, 3.63) is 58.1 Å². The topological polar surface area (TPSA) is 66.5 Å². The summed E-state index contributed by atoms with van der Waals surface area (Å²) >= 11 is 11.8. The SMILES string of the molecule is O=C(Nc1ccc(S(=O)(=O)N2CCCCC2)cc1)c1cc(Cl)cc(Cl)c1. The Labute approximate surface area is 163 Å². The minimum atomic E-state index is -3.48. The lowest BCUT2D eigenvalue weighted by atomic mass is 10.2. The Kier molecular flexibility index (Phi) is 5.87. The molecular formula is C18H18Cl2N2O3S. The van der Waals surface area contributed by atoms with Crippen LogP contribution in [0.25, 0.3) is 0 Å². The van der Waals surface area contributed by atoms with Gasteiger partial charge < -0.3 is 5.32 Å². The average molecular weight is 413 g/mol. The molecule has 0 bridgehead atoms. The molecule has 2 aromatic rings. The van der Waals surface area contributed by atoms with E-state index in [9.17, 15) is 13.2 Å². The molecule has 1 aliphatic rings. The van der Waals surface area contributed by atoms with E-state index in [0.29, 0.717) is 34.4 Å². The number of nitrogens with zero attached hydrogens (tertiary/aromatic N) is 1. The highest BCUT2D eigenvalue weighted by Crippen LogP contribution is 2.23. The van der Waals surface area contributed by atoms with Crippen LogP contribution in [0.4, 0.5) is 5.69 Å². The first kappa shape index (κ1) is 19.2. The van der Waals surface area contributed by atoms with E-state index in [1.54, 1.807) is 18.2 Å². The molecule has 1 heterocycles. The number of halogens is 2. The highest BCUT2D eigenvalue weighted by atomic mass is 35.5. The molecule has 1 saturated heterocycles. The molecule has 26 heavy (non-hydrogen) atoms. The second-order valence-corrected chi connectivity index (χ2v) is 8.91. The maximum absolute atomic E-state index is 12.6. The largest absolute Gasteiger partial charge is 0.322 e. The third-order valence-corrected chi connectivity index (χ3v) is 6.54. The molecule has 5 nitrogen and oxygen atoms in total. The fourth-order valence-corrected chi connectivity index (χ4v) is 4.90. The van der Waals surface area contributed by atoms with Crippen molar-refractivity contribution in [2.75, 3.05) is 18.4 Å². The second kappa shape index (κ2) is 7.96. The maximum Gasteiger partial charge on any atom is 0.255 e. The second-order valence-electron chi connectivity index (χ2n) is 6.10. The van der Waals surface area contributed by atoms with E-state index in [4.69, 9.17) is 23.2 Å². The summed E-state index contributed by atoms with van der Waals surface area (Å²) in [5.41, 5.74) is 0.816. The smallest absolute Gasteiger partial charge is 0.255 e. The molecule has 8 heteroatoms. The van der Waals surface area contributed by atoms with Crippen molar-refractivity contribution in [1.82, 2.24) is 4.31 Å². The van der Waals surface area contributed by atoms with Crippen molar-refractivity contribution in [2.24, 2.45) is 0 Å². The summed E-state index contributed by atoms with van der Waals surface area (Å²) in [6.07, 6.45) is 2.83. The quantitative estimate of drug-likeness (QED) is 0.807. The molecule has 0 spiro atoms. The Morgan fingerprint density at radius 2 is 1.50 bits per heavy atom. The van der Waals surface area contributed by atoms with Crippen molar-refractivity contribution in [1.29, 1.82) is 0 Å². The van der Waals surface area contributed by atoms with Crippen LogP contribution in [-0.2, 0) is 10.0 Å². The molecule has 3 rings (SSSR count). The minimum absolute atomic E-state index is 0.225. The fourth-order valence-electron chi connectivity index (χ4n) is 2.85. The van der Waals surface area contributed by atoms with E-state index >= 15 is 0 Å². The van der Waals surface area contributed by atoms with Gasteiger partial charge in [0.2, 0.25) is 10.0 Å². The van der Waals surface area contributed by atoms with Crippen molar-refractivity contribution in [3.63, 3.8) is 0 Å². The first-order chi connectivity index (χ1) is 12.4. The summed E-state index contributed by atoms with van der Waals surface area (Å²) in [6, 6.07) is 10.7. The molecule has 0 aromatic heterocycles. The highest BCUT2D eigenvalue weighted by molar-refractivity contribution is 7.89. The molecule has 0 aliphatic carbocycles. The molecule has 0 saturated carbocycles. The Bertz CT molecular complexity index is 888. The third kappa shape index (κ3) is 4.38. The summed E-state index contributed by atoms with van der Waals surface area (Å²) in [4.78, 5) is 12.5. The zero-order valence-corrected chi connectivity index (χ0v) is 16.2. The molecule has 1 aliphatic heterocycles. The van der Waals surface area contributed by atoms with Crippen LogP contribution in [0, 0.1) is 0 Å². The number of anilines is 1. The first-order valence-corrected chi connectivity index (χ1v) is 10.4. The number of amides is 1. The van der Waals surface area contributed by atoms with Gasteiger partial charge in [-0.25, -0.2) is 8.42 Å². The van der Waals surface area contributed by atoms with Crippen molar-refractivity contribution >= 4 is 44.8 Å². The van der Waals surface area contributed by atoms with Gasteiger partial charge in [0.1, 0.15) is 0 Å². The lowest BCUT2D eigenvalue weighted by Crippen LogP contribution is -2.35. The van der Waals surface area contributed by atoms with Gasteiger partial charge in [0, 0.05) is 34.4 Å². The summed E-state index contributed by atoms with van der Waals surface area (Å²) in [5, 5.41) is 3.44. The summed E-state index contributed by atoms with van der Waals surface area (Å²) in [7, 11) is -3.48. The number of sulfonamides is 1. The normalized spacial score (nSPS) is 15.6. The number of hydrogen-bond donors (Lipinski definition) is 1. The monoisotopic (exact) mass is 412 g/mol. The summed E-state index contributed by atoms with van der Waals surface area (Å²) in [5.74, 6) is -0.374. The number of hydrogen-bond acceptors (Lipinski definition) is 3. The molecule has 2 aromatic carbocycles. The first-order valence-electron chi connectivity index (χ1n) is 8.24. The van der Waals surface area contributed by atoms with E-state index < -0.39 is 10.0 Å². The van der Waals surface area contributed by atoms with Crippen LogP contribution in [0.1, 0.15) is 29.6 Å². The van der Waals surface area contributed by atoms with Crippen LogP contribution in [0.3, 0.4) is 0 Å². The van der Waals surface area contributed by atoms with Gasteiger partial charge in [0.25, 0.3) is 5.91 Å². The highest BCUT2D eigenvalue weighted by Gasteiger charge is 2.25. The van der Waals surface area contributed by atoms with Gasteiger partial charge in [-0.3, -0.25) is 4.79 Å². The molecule has 0 atom stereocenters. The Morgan fingerprint density at radius 1 is 0.923 bits per heavy atom. The van der Waals surface area contributed by atoms with Crippen molar-refractivity contribution < 1.29 is 13.2 Å². The molecule has 1 fully saturated rings. The predicted molar refractivity (Wildman–Crippen MR) is 103 cm³/mol. The van der Waals surface area contributed by atoms with Gasteiger partial charge in [-0.2, -0.15) is 4.31 Å². The predicted octanol–water partition coefficient (Wildman–Crippen LogP) is 4.42. The molecule has 1 amide bonds. The zero-order valence-electron chi connectivity index (χ0n) is 13.9. The zero-order chi connectivity index (χ0) is 18.7. The van der Waals surface area contributed by atoms with Crippen LogP contribution >= 0.6 is 23.2 Å². The number of carbonyl (C=O) groups excluding carboxylic acids is 1. The molecule has 0 radical (unpaired) electrons. The summed E-state index contributed by atoms with van der Waals surface area (Å²) in [6.45, 7) is 1.10. The number of benzene rings is 2. The molecule has 0 unspecified atom stereocenters. The van der Waals surface area contributed by atoms with Crippen LogP contribution in [-0.4, -0.2) is 31.7 Å².